The summed E-state index contributed by atoms with van der Waals surface area (Å²) in [4.78, 5) is 17.1. The second-order valence-corrected chi connectivity index (χ2v) is 7.01. The summed E-state index contributed by atoms with van der Waals surface area (Å²) in [5.74, 6) is 0.607. The molecule has 0 unspecified atom stereocenters. The lowest BCUT2D eigenvalue weighted by atomic mass is 10.0. The number of rotatable bonds is 3. The average Bonchev–Trinajstić information content (AvgIpc) is 3.05. The minimum atomic E-state index is 0.120. The van der Waals surface area contributed by atoms with Crippen molar-refractivity contribution < 1.29 is 9.53 Å². The van der Waals surface area contributed by atoms with Crippen LogP contribution in [0.1, 0.15) is 18.3 Å². The van der Waals surface area contributed by atoms with Gasteiger partial charge >= 0.3 is 0 Å². The van der Waals surface area contributed by atoms with Crippen LogP contribution in [-0.4, -0.2) is 70.9 Å². The van der Waals surface area contributed by atoms with Crippen molar-refractivity contribution in [1.82, 2.24) is 19.6 Å². The largest absolute Gasteiger partial charge is 0.379 e. The monoisotopic (exact) mass is 340 g/mol. The zero-order valence-electron chi connectivity index (χ0n) is 14.1. The Kier molecular flexibility index (Phi) is 4.94. The first-order chi connectivity index (χ1) is 11.0. The van der Waals surface area contributed by atoms with Gasteiger partial charge in [-0.1, -0.05) is 18.5 Å². The topological polar surface area (TPSA) is 50.6 Å². The molecule has 2 fully saturated rings. The van der Waals surface area contributed by atoms with E-state index in [4.69, 9.17) is 16.3 Å². The molecule has 1 aromatic rings. The Morgan fingerprint density at radius 2 is 2.00 bits per heavy atom. The molecule has 2 aliphatic rings. The van der Waals surface area contributed by atoms with Gasteiger partial charge < -0.3 is 9.64 Å². The van der Waals surface area contributed by atoms with Crippen LogP contribution in [0.15, 0.2) is 0 Å². The fourth-order valence-corrected chi connectivity index (χ4v) is 3.73. The molecule has 2 saturated heterocycles. The van der Waals surface area contributed by atoms with E-state index in [2.05, 4.69) is 16.9 Å². The lowest BCUT2D eigenvalue weighted by Crippen LogP contribution is -2.47. The minimum absolute atomic E-state index is 0.120. The Balaban J connectivity index is 1.63. The minimum Gasteiger partial charge on any atom is -0.379 e. The third-order valence-electron chi connectivity index (χ3n) is 5.02. The Bertz CT molecular complexity index is 583. The summed E-state index contributed by atoms with van der Waals surface area (Å²) in [5, 5.41) is 5.01. The Morgan fingerprint density at radius 3 is 2.61 bits per heavy atom. The Morgan fingerprint density at radius 1 is 1.30 bits per heavy atom. The number of halogens is 1. The molecule has 0 aliphatic carbocycles. The predicted molar refractivity (Wildman–Crippen MR) is 88.6 cm³/mol. The third-order valence-corrected chi connectivity index (χ3v) is 5.57. The van der Waals surface area contributed by atoms with Crippen molar-refractivity contribution in [2.45, 2.75) is 33.4 Å². The number of carbonyl (C=O) groups is 1. The van der Waals surface area contributed by atoms with E-state index in [1.807, 2.05) is 18.7 Å². The highest BCUT2D eigenvalue weighted by Gasteiger charge is 2.36. The van der Waals surface area contributed by atoms with Crippen LogP contribution >= 0.6 is 11.6 Å². The fourth-order valence-electron chi connectivity index (χ4n) is 3.59. The number of ether oxygens (including phenoxy) is 1. The molecular weight excluding hydrogens is 316 g/mol. The van der Waals surface area contributed by atoms with E-state index in [1.54, 1.807) is 4.68 Å². The predicted octanol–water partition coefficient (Wildman–Crippen LogP) is 1.33. The highest BCUT2D eigenvalue weighted by Crippen LogP contribution is 2.24. The molecule has 0 bridgehead atoms. The molecule has 0 saturated carbocycles. The number of carbonyl (C=O) groups excluding carboxylic acids is 1. The first-order valence-corrected chi connectivity index (χ1v) is 8.64. The van der Waals surface area contributed by atoms with Crippen LogP contribution in [0.3, 0.4) is 0 Å². The van der Waals surface area contributed by atoms with Gasteiger partial charge in [0.2, 0.25) is 5.91 Å². The standard InChI is InChI=1S/C16H25ClN4O2/c1-11-8-20(9-14(11)19-4-6-23-7-5-19)15(22)10-21-13(3)16(17)12(2)18-21/h11,14H,4-10H2,1-3H3/t11-,14+/m1/s1. The lowest BCUT2D eigenvalue weighted by Gasteiger charge is -2.34. The summed E-state index contributed by atoms with van der Waals surface area (Å²) in [6.07, 6.45) is 0. The van der Waals surface area contributed by atoms with E-state index in [0.717, 1.165) is 50.8 Å². The summed E-state index contributed by atoms with van der Waals surface area (Å²) in [7, 11) is 0. The maximum absolute atomic E-state index is 12.6. The maximum Gasteiger partial charge on any atom is 0.244 e. The van der Waals surface area contributed by atoms with Gasteiger partial charge in [0.25, 0.3) is 0 Å². The highest BCUT2D eigenvalue weighted by atomic mass is 35.5. The van der Waals surface area contributed by atoms with Crippen LogP contribution in [0, 0.1) is 19.8 Å². The van der Waals surface area contributed by atoms with Gasteiger partial charge in [-0.3, -0.25) is 14.4 Å². The number of morpholine rings is 1. The van der Waals surface area contributed by atoms with Crippen LogP contribution in [0.2, 0.25) is 5.02 Å². The van der Waals surface area contributed by atoms with Crippen molar-refractivity contribution in [3.8, 4) is 0 Å². The van der Waals surface area contributed by atoms with Gasteiger partial charge in [0, 0.05) is 32.2 Å². The van der Waals surface area contributed by atoms with E-state index in [9.17, 15) is 4.79 Å². The molecule has 2 aliphatic heterocycles. The molecule has 1 amide bonds. The molecule has 0 radical (unpaired) electrons. The molecule has 2 atom stereocenters. The fraction of sp³-hybridized carbons (Fsp3) is 0.750. The smallest absolute Gasteiger partial charge is 0.244 e. The number of hydrogen-bond donors (Lipinski definition) is 0. The molecule has 7 heteroatoms. The van der Waals surface area contributed by atoms with Gasteiger partial charge in [-0.15, -0.1) is 0 Å². The molecule has 128 valence electrons. The van der Waals surface area contributed by atoms with Gasteiger partial charge in [0.05, 0.1) is 29.6 Å². The summed E-state index contributed by atoms with van der Waals surface area (Å²) in [6.45, 7) is 11.4. The SMILES string of the molecule is Cc1nn(CC(=O)N2C[C@@H](C)[C@@H](N3CCOCC3)C2)c(C)c1Cl. The van der Waals surface area contributed by atoms with Gasteiger partial charge in [0.1, 0.15) is 6.54 Å². The molecule has 3 rings (SSSR count). The van der Waals surface area contributed by atoms with E-state index < -0.39 is 0 Å². The van der Waals surface area contributed by atoms with E-state index >= 15 is 0 Å². The zero-order chi connectivity index (χ0) is 16.6. The van der Waals surface area contributed by atoms with E-state index in [-0.39, 0.29) is 12.5 Å². The summed E-state index contributed by atoms with van der Waals surface area (Å²) >= 11 is 6.16. The Hall–Kier alpha value is -1.11. The van der Waals surface area contributed by atoms with Crippen molar-refractivity contribution >= 4 is 17.5 Å². The molecule has 0 aromatic carbocycles. The zero-order valence-corrected chi connectivity index (χ0v) is 14.8. The number of aromatic nitrogens is 2. The maximum atomic E-state index is 12.6. The van der Waals surface area contributed by atoms with Crippen molar-refractivity contribution in [2.75, 3.05) is 39.4 Å². The summed E-state index contributed by atoms with van der Waals surface area (Å²) in [6, 6.07) is 0.437. The normalized spacial score (nSPS) is 26.0. The van der Waals surface area contributed by atoms with Crippen LogP contribution in [0.5, 0.6) is 0 Å². The molecule has 23 heavy (non-hydrogen) atoms. The first kappa shape index (κ1) is 16.7. The van der Waals surface area contributed by atoms with Crippen LogP contribution in [-0.2, 0) is 16.1 Å². The van der Waals surface area contributed by atoms with Crippen LogP contribution in [0.25, 0.3) is 0 Å². The van der Waals surface area contributed by atoms with Gasteiger partial charge in [0.15, 0.2) is 0 Å². The number of hydrogen-bond acceptors (Lipinski definition) is 4. The second kappa shape index (κ2) is 6.79. The molecule has 3 heterocycles. The number of amides is 1. The van der Waals surface area contributed by atoms with Crippen LogP contribution < -0.4 is 0 Å². The van der Waals surface area contributed by atoms with Crippen LogP contribution in [0.4, 0.5) is 0 Å². The first-order valence-electron chi connectivity index (χ1n) is 8.26. The summed E-state index contributed by atoms with van der Waals surface area (Å²) < 4.78 is 7.14. The van der Waals surface area contributed by atoms with E-state index in [0.29, 0.717) is 17.0 Å². The summed E-state index contributed by atoms with van der Waals surface area (Å²) in [5.41, 5.74) is 1.63. The quantitative estimate of drug-likeness (QED) is 0.833. The third kappa shape index (κ3) is 3.39. The molecular formula is C16H25ClN4O2. The highest BCUT2D eigenvalue weighted by molar-refractivity contribution is 6.31. The second-order valence-electron chi connectivity index (χ2n) is 6.63. The van der Waals surface area contributed by atoms with Gasteiger partial charge in [-0.2, -0.15) is 5.10 Å². The Labute approximate surface area is 142 Å². The average molecular weight is 341 g/mol. The number of aryl methyl sites for hydroxylation is 1. The van der Waals surface area contributed by atoms with Crippen molar-refractivity contribution in [3.05, 3.63) is 16.4 Å². The van der Waals surface area contributed by atoms with E-state index in [1.165, 1.54) is 0 Å². The number of nitrogens with zero attached hydrogens (tertiary/aromatic N) is 4. The van der Waals surface area contributed by atoms with Crippen molar-refractivity contribution in [2.24, 2.45) is 5.92 Å². The van der Waals surface area contributed by atoms with Crippen molar-refractivity contribution in [3.63, 3.8) is 0 Å². The molecule has 1 aromatic heterocycles. The molecule has 0 spiro atoms. The lowest BCUT2D eigenvalue weighted by molar-refractivity contribution is -0.131. The molecule has 6 nitrogen and oxygen atoms in total. The van der Waals surface area contributed by atoms with Crippen molar-refractivity contribution in [1.29, 1.82) is 0 Å². The number of likely N-dealkylation sites (tertiary alicyclic amines) is 1. The van der Waals surface area contributed by atoms with Gasteiger partial charge in [-0.25, -0.2) is 0 Å². The molecule has 0 N–H and O–H groups in total. The van der Waals surface area contributed by atoms with Gasteiger partial charge in [-0.05, 0) is 19.8 Å².